The molecule has 122 valence electrons. The van der Waals surface area contributed by atoms with E-state index >= 15 is 0 Å². The molecule has 0 amide bonds. The molecule has 0 aliphatic rings. The second kappa shape index (κ2) is 8.85. The molecular weight excluding hydrogens is 336 g/mol. The molecule has 0 aliphatic carbocycles. The Morgan fingerprint density at radius 3 is 2.57 bits per heavy atom. The molecule has 21 heavy (non-hydrogen) atoms. The van der Waals surface area contributed by atoms with Crippen LogP contribution in [0.3, 0.4) is 0 Å². The Morgan fingerprint density at radius 1 is 1.43 bits per heavy atom. The van der Waals surface area contributed by atoms with Crippen LogP contribution in [0.5, 0.6) is 0 Å². The van der Waals surface area contributed by atoms with Gasteiger partial charge >= 0.3 is 0 Å². The summed E-state index contributed by atoms with van der Waals surface area (Å²) in [6.07, 6.45) is 3.50. The number of methoxy groups -OCH3 is 1. The predicted molar refractivity (Wildman–Crippen MR) is 86.8 cm³/mol. The maximum atomic E-state index is 6.08. The molecule has 1 heterocycles. The zero-order valence-electron chi connectivity index (χ0n) is 13.4. The van der Waals surface area contributed by atoms with Crippen LogP contribution in [0.2, 0.25) is 0 Å². The summed E-state index contributed by atoms with van der Waals surface area (Å²) in [6, 6.07) is -0.152. The number of hydrogen-bond acceptors (Lipinski definition) is 5. The standard InChI is InChI=1S/C14H27BrN4O2/c1-5-14(6-2,21-7-3)13(18-16)12-11(15)10-17-19(12)8-9-20-4/h10,13,18H,5-9,16H2,1-4H3. The minimum absolute atomic E-state index is 0.152. The van der Waals surface area contributed by atoms with Crippen molar-refractivity contribution in [1.29, 1.82) is 0 Å². The van der Waals surface area contributed by atoms with Gasteiger partial charge in [-0.1, -0.05) is 13.8 Å². The Hall–Kier alpha value is -0.470. The first-order valence-corrected chi connectivity index (χ1v) is 8.19. The molecule has 1 unspecified atom stereocenters. The van der Waals surface area contributed by atoms with Crippen molar-refractivity contribution in [2.75, 3.05) is 20.3 Å². The normalized spacial score (nSPS) is 13.6. The zero-order chi connectivity index (χ0) is 15.9. The van der Waals surface area contributed by atoms with Gasteiger partial charge in [-0.25, -0.2) is 5.43 Å². The molecule has 0 saturated heterocycles. The van der Waals surface area contributed by atoms with E-state index in [4.69, 9.17) is 15.3 Å². The minimum Gasteiger partial charge on any atom is -0.383 e. The van der Waals surface area contributed by atoms with Crippen molar-refractivity contribution in [3.8, 4) is 0 Å². The van der Waals surface area contributed by atoms with Gasteiger partial charge in [0.25, 0.3) is 0 Å². The number of rotatable bonds is 10. The topological polar surface area (TPSA) is 74.3 Å². The molecule has 0 fully saturated rings. The Morgan fingerprint density at radius 2 is 2.10 bits per heavy atom. The van der Waals surface area contributed by atoms with Crippen LogP contribution < -0.4 is 11.3 Å². The quantitative estimate of drug-likeness (QED) is 0.493. The first-order chi connectivity index (χ1) is 10.1. The number of nitrogens with two attached hydrogens (primary N) is 1. The van der Waals surface area contributed by atoms with E-state index in [1.54, 1.807) is 13.3 Å². The van der Waals surface area contributed by atoms with Crippen molar-refractivity contribution in [1.82, 2.24) is 15.2 Å². The molecule has 1 aromatic heterocycles. The maximum absolute atomic E-state index is 6.08. The van der Waals surface area contributed by atoms with Gasteiger partial charge in [0.2, 0.25) is 0 Å². The summed E-state index contributed by atoms with van der Waals surface area (Å²) in [4.78, 5) is 0. The van der Waals surface area contributed by atoms with Crippen LogP contribution in [0.15, 0.2) is 10.7 Å². The van der Waals surface area contributed by atoms with Gasteiger partial charge < -0.3 is 9.47 Å². The number of nitrogens with one attached hydrogen (secondary N) is 1. The van der Waals surface area contributed by atoms with Crippen LogP contribution in [0.1, 0.15) is 45.3 Å². The summed E-state index contributed by atoms with van der Waals surface area (Å²) in [5.74, 6) is 5.87. The highest BCUT2D eigenvalue weighted by Crippen LogP contribution is 2.37. The lowest BCUT2D eigenvalue weighted by atomic mass is 9.86. The molecule has 3 N–H and O–H groups in total. The largest absolute Gasteiger partial charge is 0.383 e. The molecule has 0 saturated carbocycles. The van der Waals surface area contributed by atoms with Crippen molar-refractivity contribution >= 4 is 15.9 Å². The van der Waals surface area contributed by atoms with Gasteiger partial charge in [-0.3, -0.25) is 10.5 Å². The Kier molecular flexibility index (Phi) is 7.83. The first kappa shape index (κ1) is 18.6. The van der Waals surface area contributed by atoms with E-state index in [9.17, 15) is 0 Å². The van der Waals surface area contributed by atoms with Crippen molar-refractivity contribution in [3.05, 3.63) is 16.4 Å². The van der Waals surface area contributed by atoms with Crippen molar-refractivity contribution in [2.24, 2.45) is 5.84 Å². The van der Waals surface area contributed by atoms with Crippen molar-refractivity contribution < 1.29 is 9.47 Å². The molecule has 0 aliphatic heterocycles. The van der Waals surface area contributed by atoms with Gasteiger partial charge in [-0.05, 0) is 35.7 Å². The van der Waals surface area contributed by atoms with E-state index in [1.807, 2.05) is 11.6 Å². The molecule has 6 nitrogen and oxygen atoms in total. The predicted octanol–water partition coefficient (Wildman–Crippen LogP) is 2.39. The van der Waals surface area contributed by atoms with Crippen LogP contribution in [-0.2, 0) is 16.0 Å². The maximum Gasteiger partial charge on any atom is 0.0929 e. The SMILES string of the molecule is CCOC(CC)(CC)C(NN)c1c(Br)cnn1CCOC. The molecule has 1 rings (SSSR count). The second-order valence-electron chi connectivity index (χ2n) is 4.90. The van der Waals surface area contributed by atoms with E-state index in [0.29, 0.717) is 19.8 Å². The third-order valence-corrected chi connectivity index (χ3v) is 4.55. The summed E-state index contributed by atoms with van der Waals surface area (Å²) in [7, 11) is 1.68. The molecule has 1 aromatic rings. The molecule has 0 radical (unpaired) electrons. The van der Waals surface area contributed by atoms with Gasteiger partial charge in [0, 0.05) is 13.7 Å². The lowest BCUT2D eigenvalue weighted by Crippen LogP contribution is -2.49. The average Bonchev–Trinajstić information content (AvgIpc) is 2.86. The average molecular weight is 363 g/mol. The van der Waals surface area contributed by atoms with E-state index in [0.717, 1.165) is 23.0 Å². The minimum atomic E-state index is -0.364. The van der Waals surface area contributed by atoms with Crippen LogP contribution in [-0.4, -0.2) is 35.7 Å². The Balaban J connectivity index is 3.21. The Bertz CT molecular complexity index is 421. The number of hydrazine groups is 1. The third kappa shape index (κ3) is 4.04. The summed E-state index contributed by atoms with van der Waals surface area (Å²) in [5.41, 5.74) is 3.56. The number of aromatic nitrogens is 2. The second-order valence-corrected chi connectivity index (χ2v) is 5.75. The summed E-state index contributed by atoms with van der Waals surface area (Å²) in [5, 5.41) is 4.40. The van der Waals surface area contributed by atoms with E-state index < -0.39 is 0 Å². The van der Waals surface area contributed by atoms with Crippen LogP contribution in [0.4, 0.5) is 0 Å². The Labute approximate surface area is 135 Å². The lowest BCUT2D eigenvalue weighted by Gasteiger charge is -2.39. The fourth-order valence-electron chi connectivity index (χ4n) is 2.73. The van der Waals surface area contributed by atoms with Gasteiger partial charge in [0.15, 0.2) is 0 Å². The highest BCUT2D eigenvalue weighted by molar-refractivity contribution is 9.10. The highest BCUT2D eigenvalue weighted by atomic mass is 79.9. The summed E-state index contributed by atoms with van der Waals surface area (Å²) < 4.78 is 14.1. The summed E-state index contributed by atoms with van der Waals surface area (Å²) in [6.45, 7) is 8.15. The summed E-state index contributed by atoms with van der Waals surface area (Å²) >= 11 is 3.58. The molecule has 0 aromatic carbocycles. The third-order valence-electron chi connectivity index (χ3n) is 3.94. The highest BCUT2D eigenvalue weighted by Gasteiger charge is 2.40. The van der Waals surface area contributed by atoms with Crippen LogP contribution in [0, 0.1) is 0 Å². The van der Waals surface area contributed by atoms with Crippen molar-refractivity contribution in [2.45, 2.75) is 51.8 Å². The van der Waals surface area contributed by atoms with Gasteiger partial charge in [0.1, 0.15) is 0 Å². The smallest absolute Gasteiger partial charge is 0.0929 e. The lowest BCUT2D eigenvalue weighted by molar-refractivity contribution is -0.0755. The number of halogens is 1. The fraction of sp³-hybridized carbons (Fsp3) is 0.786. The number of nitrogens with zero attached hydrogens (tertiary/aromatic N) is 2. The van der Waals surface area contributed by atoms with E-state index in [-0.39, 0.29) is 11.6 Å². The van der Waals surface area contributed by atoms with E-state index in [1.165, 1.54) is 0 Å². The monoisotopic (exact) mass is 362 g/mol. The first-order valence-electron chi connectivity index (χ1n) is 7.40. The molecule has 7 heteroatoms. The molecule has 0 bridgehead atoms. The molecule has 0 spiro atoms. The van der Waals surface area contributed by atoms with Gasteiger partial charge in [-0.15, -0.1) is 0 Å². The van der Waals surface area contributed by atoms with Gasteiger partial charge in [0.05, 0.1) is 41.2 Å². The molecular formula is C14H27BrN4O2. The zero-order valence-corrected chi connectivity index (χ0v) is 14.9. The number of hydrogen-bond donors (Lipinski definition) is 2. The van der Waals surface area contributed by atoms with Crippen LogP contribution in [0.25, 0.3) is 0 Å². The molecule has 1 atom stereocenters. The van der Waals surface area contributed by atoms with Gasteiger partial charge in [-0.2, -0.15) is 5.10 Å². The fourth-order valence-corrected chi connectivity index (χ4v) is 3.25. The number of ether oxygens (including phenoxy) is 2. The van der Waals surface area contributed by atoms with Crippen LogP contribution >= 0.6 is 15.9 Å². The van der Waals surface area contributed by atoms with Crippen molar-refractivity contribution in [3.63, 3.8) is 0 Å². The van der Waals surface area contributed by atoms with E-state index in [2.05, 4.69) is 40.3 Å².